The molecular weight excluding hydrogens is 256 g/mol. The van der Waals surface area contributed by atoms with E-state index in [1.54, 1.807) is 37.3 Å². The van der Waals surface area contributed by atoms with Crippen molar-refractivity contribution in [3.8, 4) is 0 Å². The molecule has 0 aliphatic heterocycles. The fourth-order valence-corrected chi connectivity index (χ4v) is 2.30. The van der Waals surface area contributed by atoms with Gasteiger partial charge >= 0.3 is 11.9 Å². The van der Waals surface area contributed by atoms with Gasteiger partial charge in [-0.2, -0.15) is 0 Å². The van der Waals surface area contributed by atoms with Crippen LogP contribution in [0.15, 0.2) is 30.3 Å². The van der Waals surface area contributed by atoms with Gasteiger partial charge in [0.15, 0.2) is 5.41 Å². The van der Waals surface area contributed by atoms with E-state index in [1.807, 2.05) is 6.92 Å². The van der Waals surface area contributed by atoms with E-state index in [0.717, 1.165) is 12.8 Å². The van der Waals surface area contributed by atoms with E-state index in [9.17, 15) is 14.7 Å². The van der Waals surface area contributed by atoms with Gasteiger partial charge in [0.25, 0.3) is 0 Å². The summed E-state index contributed by atoms with van der Waals surface area (Å²) in [5.41, 5.74) is -1.10. The summed E-state index contributed by atoms with van der Waals surface area (Å²) in [5, 5.41) is 9.67. The minimum absolute atomic E-state index is 0.175. The Hall–Kier alpha value is -1.84. The van der Waals surface area contributed by atoms with Crippen molar-refractivity contribution < 1.29 is 19.4 Å². The molecule has 0 saturated heterocycles. The van der Waals surface area contributed by atoms with Crippen molar-refractivity contribution >= 4 is 11.9 Å². The van der Waals surface area contributed by atoms with Gasteiger partial charge < -0.3 is 9.84 Å². The maximum atomic E-state index is 12.3. The predicted molar refractivity (Wildman–Crippen MR) is 76.5 cm³/mol. The number of esters is 1. The van der Waals surface area contributed by atoms with Crippen molar-refractivity contribution in [3.63, 3.8) is 0 Å². The van der Waals surface area contributed by atoms with E-state index in [4.69, 9.17) is 4.74 Å². The van der Waals surface area contributed by atoms with Crippen LogP contribution in [-0.4, -0.2) is 23.7 Å². The molecule has 1 unspecified atom stereocenters. The molecule has 4 heteroatoms. The number of carbonyl (C=O) groups excluding carboxylic acids is 1. The Kier molecular flexibility index (Phi) is 6.22. The normalized spacial score (nSPS) is 13.5. The largest absolute Gasteiger partial charge is 0.480 e. The molecule has 110 valence electrons. The van der Waals surface area contributed by atoms with Gasteiger partial charge in [-0.15, -0.1) is 0 Å². The van der Waals surface area contributed by atoms with Crippen LogP contribution in [0.1, 0.15) is 45.1 Å². The molecule has 0 aliphatic rings. The number of hydrogen-bond donors (Lipinski definition) is 1. The minimum atomic E-state index is -1.59. The Bertz CT molecular complexity index is 441. The Morgan fingerprint density at radius 1 is 1.15 bits per heavy atom. The van der Waals surface area contributed by atoms with Gasteiger partial charge in [-0.3, -0.25) is 9.59 Å². The van der Waals surface area contributed by atoms with Crippen LogP contribution < -0.4 is 0 Å². The van der Waals surface area contributed by atoms with Crippen molar-refractivity contribution in [2.45, 2.75) is 44.9 Å². The van der Waals surface area contributed by atoms with Crippen LogP contribution in [0.4, 0.5) is 0 Å². The van der Waals surface area contributed by atoms with Gasteiger partial charge in [-0.1, -0.05) is 56.5 Å². The van der Waals surface area contributed by atoms with Gasteiger partial charge in [-0.05, 0) is 18.9 Å². The molecule has 0 aromatic heterocycles. The van der Waals surface area contributed by atoms with Crippen LogP contribution >= 0.6 is 0 Å². The standard InChI is InChI=1S/C16H22O4/c1-3-5-9-12-16(14(17)18,15(19)20-4-2)13-10-7-6-8-11-13/h6-8,10-11H,3-5,9,12H2,1-2H3,(H,17,18). The average molecular weight is 278 g/mol. The van der Waals surface area contributed by atoms with Gasteiger partial charge in [0.1, 0.15) is 0 Å². The number of hydrogen-bond acceptors (Lipinski definition) is 3. The Balaban J connectivity index is 3.20. The average Bonchev–Trinajstić information content (AvgIpc) is 2.44. The molecule has 1 aromatic rings. The first-order chi connectivity index (χ1) is 9.59. The monoisotopic (exact) mass is 278 g/mol. The van der Waals surface area contributed by atoms with Gasteiger partial charge in [0.2, 0.25) is 0 Å². The van der Waals surface area contributed by atoms with E-state index >= 15 is 0 Å². The number of carbonyl (C=O) groups is 2. The summed E-state index contributed by atoms with van der Waals surface area (Å²) in [6, 6.07) is 8.64. The number of carboxylic acids is 1. The molecule has 20 heavy (non-hydrogen) atoms. The number of ether oxygens (including phenoxy) is 1. The van der Waals surface area contributed by atoms with E-state index in [-0.39, 0.29) is 13.0 Å². The second-order valence-electron chi connectivity index (χ2n) is 4.75. The highest BCUT2D eigenvalue weighted by Crippen LogP contribution is 2.32. The van der Waals surface area contributed by atoms with Crippen LogP contribution in [0.3, 0.4) is 0 Å². The highest BCUT2D eigenvalue weighted by Gasteiger charge is 2.48. The zero-order valence-corrected chi connectivity index (χ0v) is 12.1. The van der Waals surface area contributed by atoms with Crippen molar-refractivity contribution in [1.82, 2.24) is 0 Å². The lowest BCUT2D eigenvalue weighted by Gasteiger charge is -2.27. The van der Waals surface area contributed by atoms with Crippen molar-refractivity contribution in [3.05, 3.63) is 35.9 Å². The Morgan fingerprint density at radius 2 is 1.80 bits per heavy atom. The number of aliphatic carboxylic acids is 1. The summed E-state index contributed by atoms with van der Waals surface area (Å²) >= 11 is 0. The van der Waals surface area contributed by atoms with Crippen LogP contribution in [-0.2, 0) is 19.7 Å². The molecule has 1 rings (SSSR count). The third-order valence-corrected chi connectivity index (χ3v) is 3.41. The maximum Gasteiger partial charge on any atom is 0.328 e. The molecule has 0 saturated carbocycles. The number of rotatable bonds is 8. The molecule has 0 amide bonds. The predicted octanol–water partition coefficient (Wildman–Crippen LogP) is 3.15. The molecule has 0 aliphatic carbocycles. The summed E-state index contributed by atoms with van der Waals surface area (Å²) in [5.74, 6) is -1.81. The van der Waals surface area contributed by atoms with Gasteiger partial charge in [-0.25, -0.2) is 0 Å². The first-order valence-corrected chi connectivity index (χ1v) is 7.05. The van der Waals surface area contributed by atoms with Crippen LogP contribution in [0.25, 0.3) is 0 Å². The van der Waals surface area contributed by atoms with E-state index in [2.05, 4.69) is 0 Å². The molecule has 0 spiro atoms. The van der Waals surface area contributed by atoms with Crippen LogP contribution in [0.5, 0.6) is 0 Å². The summed E-state index contributed by atoms with van der Waals surface area (Å²) in [6.07, 6.45) is 2.80. The Morgan fingerprint density at radius 3 is 2.30 bits per heavy atom. The number of unbranched alkanes of at least 4 members (excludes halogenated alkanes) is 2. The summed E-state index contributed by atoms with van der Waals surface area (Å²) < 4.78 is 5.03. The summed E-state index contributed by atoms with van der Waals surface area (Å²) in [7, 11) is 0. The van der Waals surface area contributed by atoms with Gasteiger partial charge in [0.05, 0.1) is 6.61 Å². The molecule has 4 nitrogen and oxygen atoms in total. The molecule has 0 bridgehead atoms. The minimum Gasteiger partial charge on any atom is -0.480 e. The zero-order valence-electron chi connectivity index (χ0n) is 12.1. The van der Waals surface area contributed by atoms with E-state index < -0.39 is 17.4 Å². The topological polar surface area (TPSA) is 63.6 Å². The molecule has 1 N–H and O–H groups in total. The second-order valence-corrected chi connectivity index (χ2v) is 4.75. The van der Waals surface area contributed by atoms with Crippen molar-refractivity contribution in [1.29, 1.82) is 0 Å². The molecule has 0 fully saturated rings. The third kappa shape index (κ3) is 3.38. The van der Waals surface area contributed by atoms with Crippen LogP contribution in [0, 0.1) is 0 Å². The Labute approximate surface area is 119 Å². The van der Waals surface area contributed by atoms with Crippen molar-refractivity contribution in [2.75, 3.05) is 6.61 Å². The smallest absolute Gasteiger partial charge is 0.328 e. The maximum absolute atomic E-state index is 12.3. The first kappa shape index (κ1) is 16.2. The van der Waals surface area contributed by atoms with Crippen LogP contribution in [0.2, 0.25) is 0 Å². The lowest BCUT2D eigenvalue weighted by Crippen LogP contribution is -2.45. The fraction of sp³-hybridized carbons (Fsp3) is 0.500. The third-order valence-electron chi connectivity index (χ3n) is 3.41. The summed E-state index contributed by atoms with van der Waals surface area (Å²) in [6.45, 7) is 3.89. The number of benzene rings is 1. The lowest BCUT2D eigenvalue weighted by atomic mass is 9.76. The zero-order chi connectivity index (χ0) is 15.0. The molecule has 0 heterocycles. The molecular formula is C16H22O4. The van der Waals surface area contributed by atoms with Gasteiger partial charge in [0, 0.05) is 0 Å². The van der Waals surface area contributed by atoms with Crippen molar-refractivity contribution in [2.24, 2.45) is 0 Å². The van der Waals surface area contributed by atoms with E-state index in [1.165, 1.54) is 0 Å². The molecule has 1 aromatic carbocycles. The second kappa shape index (κ2) is 7.68. The lowest BCUT2D eigenvalue weighted by molar-refractivity contribution is -0.162. The fourth-order valence-electron chi connectivity index (χ4n) is 2.30. The highest BCUT2D eigenvalue weighted by atomic mass is 16.5. The number of carboxylic acid groups (broad SMARTS) is 1. The SMILES string of the molecule is CCCCCC(C(=O)O)(C(=O)OCC)c1ccccc1. The quantitative estimate of drug-likeness (QED) is 0.451. The molecule has 0 radical (unpaired) electrons. The molecule has 1 atom stereocenters. The highest BCUT2D eigenvalue weighted by molar-refractivity contribution is 6.05. The first-order valence-electron chi connectivity index (χ1n) is 7.05. The van der Waals surface area contributed by atoms with E-state index in [0.29, 0.717) is 12.0 Å². The summed E-state index contributed by atoms with van der Waals surface area (Å²) in [4.78, 5) is 24.1.